The predicted octanol–water partition coefficient (Wildman–Crippen LogP) is 1.37. The van der Waals surface area contributed by atoms with E-state index in [2.05, 4.69) is 0 Å². The summed E-state index contributed by atoms with van der Waals surface area (Å²) in [6.45, 7) is 0.902. The van der Waals surface area contributed by atoms with E-state index >= 15 is 0 Å². The maximum Gasteiger partial charge on any atom is 0.335 e. The van der Waals surface area contributed by atoms with Crippen LogP contribution in [0.5, 0.6) is 0 Å². The molecule has 1 aromatic rings. The molecule has 1 atom stereocenters. The van der Waals surface area contributed by atoms with E-state index in [1.165, 1.54) is 22.7 Å². The van der Waals surface area contributed by atoms with E-state index < -0.39 is 16.2 Å². The molecule has 2 rings (SSSR count). The predicted molar refractivity (Wildman–Crippen MR) is 79.6 cm³/mol. The third-order valence-corrected chi connectivity index (χ3v) is 5.68. The topological polar surface area (TPSA) is 77.9 Å². The monoisotopic (exact) mass is 312 g/mol. The normalized spacial score (nSPS) is 20.6. The highest BCUT2D eigenvalue weighted by Gasteiger charge is 2.31. The van der Waals surface area contributed by atoms with Gasteiger partial charge < -0.3 is 5.11 Å². The smallest absolute Gasteiger partial charge is 0.335 e. The van der Waals surface area contributed by atoms with Crippen molar-refractivity contribution >= 4 is 16.2 Å². The molecule has 1 saturated heterocycles. The van der Waals surface area contributed by atoms with Gasteiger partial charge in [-0.15, -0.1) is 0 Å². The Labute approximate surface area is 125 Å². The number of rotatable bonds is 4. The first-order valence-electron chi connectivity index (χ1n) is 6.83. The molecule has 7 heteroatoms. The van der Waals surface area contributed by atoms with Crippen molar-refractivity contribution in [2.75, 3.05) is 27.2 Å². The van der Waals surface area contributed by atoms with E-state index in [-0.39, 0.29) is 11.5 Å². The zero-order valence-corrected chi connectivity index (χ0v) is 13.0. The summed E-state index contributed by atoms with van der Waals surface area (Å²) >= 11 is 0. The van der Waals surface area contributed by atoms with Crippen molar-refractivity contribution in [2.45, 2.75) is 18.8 Å². The molecule has 1 aromatic carbocycles. The van der Waals surface area contributed by atoms with Gasteiger partial charge in [-0.25, -0.2) is 4.79 Å². The van der Waals surface area contributed by atoms with Crippen molar-refractivity contribution < 1.29 is 18.3 Å². The largest absolute Gasteiger partial charge is 0.478 e. The second-order valence-electron chi connectivity index (χ2n) is 5.42. The minimum atomic E-state index is -3.42. The molecule has 0 bridgehead atoms. The number of carboxylic acids is 1. The van der Waals surface area contributed by atoms with Gasteiger partial charge in [-0.05, 0) is 36.5 Å². The molecule has 1 fully saturated rings. The zero-order chi connectivity index (χ0) is 15.6. The number of hydrogen-bond acceptors (Lipinski definition) is 3. The van der Waals surface area contributed by atoms with Gasteiger partial charge in [-0.2, -0.15) is 17.0 Å². The third kappa shape index (κ3) is 3.42. The molecule has 116 valence electrons. The molecule has 0 spiro atoms. The molecule has 0 aliphatic carbocycles. The van der Waals surface area contributed by atoms with Gasteiger partial charge in [0.1, 0.15) is 0 Å². The van der Waals surface area contributed by atoms with Crippen molar-refractivity contribution in [1.29, 1.82) is 0 Å². The molecule has 1 N–H and O–H groups in total. The van der Waals surface area contributed by atoms with Crippen LogP contribution in [-0.4, -0.2) is 55.3 Å². The number of aromatic carboxylic acids is 1. The fraction of sp³-hybridized carbons (Fsp3) is 0.500. The van der Waals surface area contributed by atoms with Crippen LogP contribution in [0.2, 0.25) is 0 Å². The van der Waals surface area contributed by atoms with Gasteiger partial charge in [-0.3, -0.25) is 0 Å². The van der Waals surface area contributed by atoms with Crippen molar-refractivity contribution in [3.8, 4) is 0 Å². The molecule has 1 aliphatic heterocycles. The summed E-state index contributed by atoms with van der Waals surface area (Å²) < 4.78 is 27.1. The van der Waals surface area contributed by atoms with Gasteiger partial charge >= 0.3 is 5.97 Å². The summed E-state index contributed by atoms with van der Waals surface area (Å²) in [6.07, 6.45) is 1.64. The molecular formula is C14H20N2O4S. The Morgan fingerprint density at radius 1 is 1.38 bits per heavy atom. The van der Waals surface area contributed by atoms with Crippen molar-refractivity contribution in [3.63, 3.8) is 0 Å². The maximum atomic E-state index is 12.2. The van der Waals surface area contributed by atoms with Crippen LogP contribution < -0.4 is 0 Å². The molecule has 0 saturated carbocycles. The number of nitrogens with zero attached hydrogens (tertiary/aromatic N) is 2. The minimum absolute atomic E-state index is 0.0350. The van der Waals surface area contributed by atoms with Crippen LogP contribution in [-0.2, 0) is 10.2 Å². The SMILES string of the molecule is CN(C)S(=O)(=O)N1CCCC(c2cccc(C(=O)O)c2)C1. The Balaban J connectivity index is 2.22. The molecular weight excluding hydrogens is 292 g/mol. The van der Waals surface area contributed by atoms with Crippen LogP contribution in [0.4, 0.5) is 0 Å². The highest BCUT2D eigenvalue weighted by molar-refractivity contribution is 7.86. The van der Waals surface area contributed by atoms with E-state index in [1.807, 2.05) is 6.07 Å². The molecule has 0 aromatic heterocycles. The zero-order valence-electron chi connectivity index (χ0n) is 12.2. The average Bonchev–Trinajstić information content (AvgIpc) is 2.47. The Hall–Kier alpha value is -1.44. The molecule has 1 heterocycles. The van der Waals surface area contributed by atoms with Gasteiger partial charge in [-0.1, -0.05) is 12.1 Å². The third-order valence-electron chi connectivity index (χ3n) is 3.78. The quantitative estimate of drug-likeness (QED) is 0.911. The number of carboxylic acid groups (broad SMARTS) is 1. The summed E-state index contributed by atoms with van der Waals surface area (Å²) in [5.41, 5.74) is 1.12. The van der Waals surface area contributed by atoms with Crippen molar-refractivity contribution in [1.82, 2.24) is 8.61 Å². The van der Waals surface area contributed by atoms with Crippen molar-refractivity contribution in [2.24, 2.45) is 0 Å². The summed E-state index contributed by atoms with van der Waals surface area (Å²) in [4.78, 5) is 11.0. The lowest BCUT2D eigenvalue weighted by Gasteiger charge is -2.33. The van der Waals surface area contributed by atoms with E-state index in [0.717, 1.165) is 18.4 Å². The molecule has 0 radical (unpaired) electrons. The van der Waals surface area contributed by atoms with Gasteiger partial charge in [0.25, 0.3) is 10.2 Å². The summed E-state index contributed by atoms with van der Waals surface area (Å²) in [6, 6.07) is 6.75. The van der Waals surface area contributed by atoms with Crippen LogP contribution in [0.1, 0.15) is 34.7 Å². The Kier molecular flexibility index (Phi) is 4.65. The lowest BCUT2D eigenvalue weighted by molar-refractivity contribution is 0.0696. The van der Waals surface area contributed by atoms with E-state index in [0.29, 0.717) is 13.1 Å². The van der Waals surface area contributed by atoms with Crippen LogP contribution >= 0.6 is 0 Å². The highest BCUT2D eigenvalue weighted by atomic mass is 32.2. The molecule has 21 heavy (non-hydrogen) atoms. The number of carbonyl (C=O) groups is 1. The number of hydrogen-bond donors (Lipinski definition) is 1. The first-order valence-corrected chi connectivity index (χ1v) is 8.23. The van der Waals surface area contributed by atoms with Crippen molar-refractivity contribution in [3.05, 3.63) is 35.4 Å². The van der Waals surface area contributed by atoms with Gasteiger partial charge in [0, 0.05) is 27.2 Å². The highest BCUT2D eigenvalue weighted by Crippen LogP contribution is 2.29. The van der Waals surface area contributed by atoms with Crippen LogP contribution in [0.15, 0.2) is 24.3 Å². The summed E-state index contributed by atoms with van der Waals surface area (Å²) in [5.74, 6) is -0.932. The molecule has 1 unspecified atom stereocenters. The Morgan fingerprint density at radius 3 is 2.71 bits per heavy atom. The minimum Gasteiger partial charge on any atom is -0.478 e. The first kappa shape index (κ1) is 15.9. The molecule has 1 aliphatic rings. The van der Waals surface area contributed by atoms with Gasteiger partial charge in [0.2, 0.25) is 0 Å². The fourth-order valence-corrected chi connectivity index (χ4v) is 3.77. The standard InChI is InChI=1S/C14H20N2O4S/c1-15(2)21(19,20)16-8-4-7-13(10-16)11-5-3-6-12(9-11)14(17)18/h3,5-6,9,13H,4,7-8,10H2,1-2H3,(H,17,18). The number of benzene rings is 1. The molecule has 6 nitrogen and oxygen atoms in total. The second kappa shape index (κ2) is 6.13. The Bertz CT molecular complexity index is 628. The van der Waals surface area contributed by atoms with Crippen LogP contribution in [0, 0.1) is 0 Å². The van der Waals surface area contributed by atoms with Crippen LogP contribution in [0.3, 0.4) is 0 Å². The fourth-order valence-electron chi connectivity index (χ4n) is 2.58. The number of piperidine rings is 1. The maximum absolute atomic E-state index is 12.2. The summed E-state index contributed by atoms with van der Waals surface area (Å²) in [7, 11) is -0.381. The lowest BCUT2D eigenvalue weighted by Crippen LogP contribution is -2.44. The van der Waals surface area contributed by atoms with E-state index in [1.54, 1.807) is 18.2 Å². The van der Waals surface area contributed by atoms with Gasteiger partial charge in [0.05, 0.1) is 5.56 Å². The Morgan fingerprint density at radius 2 is 2.10 bits per heavy atom. The average molecular weight is 312 g/mol. The lowest BCUT2D eigenvalue weighted by atomic mass is 9.91. The van der Waals surface area contributed by atoms with E-state index in [4.69, 9.17) is 5.11 Å². The molecule has 0 amide bonds. The van der Waals surface area contributed by atoms with Crippen LogP contribution in [0.25, 0.3) is 0 Å². The van der Waals surface area contributed by atoms with E-state index in [9.17, 15) is 13.2 Å². The second-order valence-corrected chi connectivity index (χ2v) is 7.56. The first-order chi connectivity index (χ1) is 9.82. The van der Waals surface area contributed by atoms with Gasteiger partial charge in [0.15, 0.2) is 0 Å². The summed E-state index contributed by atoms with van der Waals surface area (Å²) in [5, 5.41) is 9.05.